The van der Waals surface area contributed by atoms with Crippen molar-refractivity contribution in [2.24, 2.45) is 0 Å². The number of hydrogen-bond acceptors (Lipinski definition) is 4. The molecule has 21 heavy (non-hydrogen) atoms. The van der Waals surface area contributed by atoms with E-state index in [0.717, 1.165) is 32.1 Å². The Labute approximate surface area is 132 Å². The molecule has 116 valence electrons. The van der Waals surface area contributed by atoms with Crippen LogP contribution in [-0.4, -0.2) is 19.4 Å². The van der Waals surface area contributed by atoms with Crippen LogP contribution in [0, 0.1) is 10.1 Å². The van der Waals surface area contributed by atoms with Gasteiger partial charge in [-0.15, -0.1) is 0 Å². The van der Waals surface area contributed by atoms with E-state index in [1.165, 1.54) is 12.1 Å². The number of nitrogens with zero attached hydrogens (tertiary/aromatic N) is 1. The number of benzene rings is 1. The Morgan fingerprint density at radius 3 is 2.38 bits per heavy atom. The topological polar surface area (TPSA) is 89.3 Å². The maximum Gasteiger partial charge on any atom is 0.307 e. The first kappa shape index (κ1) is 16.5. The molecular formula is C12H14Cl2N2O4S. The molecule has 1 aliphatic carbocycles. The molecule has 1 saturated carbocycles. The summed E-state index contributed by atoms with van der Waals surface area (Å²) in [5, 5.41) is 10.3. The van der Waals surface area contributed by atoms with Crippen LogP contribution in [0.2, 0.25) is 10.0 Å². The van der Waals surface area contributed by atoms with Crippen LogP contribution >= 0.6 is 23.2 Å². The molecule has 9 heteroatoms. The Bertz CT molecular complexity index is 657. The quantitative estimate of drug-likeness (QED) is 0.663. The molecule has 1 fully saturated rings. The summed E-state index contributed by atoms with van der Waals surface area (Å²) in [6.45, 7) is 0. The summed E-state index contributed by atoms with van der Waals surface area (Å²) >= 11 is 11.6. The van der Waals surface area contributed by atoms with Crippen LogP contribution < -0.4 is 4.72 Å². The number of nitro benzene ring substituents is 1. The molecule has 1 aromatic carbocycles. The van der Waals surface area contributed by atoms with Gasteiger partial charge in [-0.05, 0) is 25.0 Å². The SMILES string of the molecule is O=[N+]([O-])c1c(Cl)ccc(S(=O)(=O)NC2CCCCC2)c1Cl. The molecular weight excluding hydrogens is 339 g/mol. The van der Waals surface area contributed by atoms with Gasteiger partial charge in [0, 0.05) is 6.04 Å². The van der Waals surface area contributed by atoms with Gasteiger partial charge in [-0.25, -0.2) is 13.1 Å². The summed E-state index contributed by atoms with van der Waals surface area (Å²) in [7, 11) is -3.91. The molecule has 0 heterocycles. The minimum atomic E-state index is -3.91. The highest BCUT2D eigenvalue weighted by molar-refractivity contribution is 7.89. The van der Waals surface area contributed by atoms with Gasteiger partial charge in [0.05, 0.1) is 4.92 Å². The fraction of sp³-hybridized carbons (Fsp3) is 0.500. The second-order valence-electron chi connectivity index (χ2n) is 4.92. The van der Waals surface area contributed by atoms with Crippen LogP contribution in [0.5, 0.6) is 0 Å². The van der Waals surface area contributed by atoms with Gasteiger partial charge >= 0.3 is 5.69 Å². The molecule has 0 bridgehead atoms. The van der Waals surface area contributed by atoms with E-state index in [-0.39, 0.29) is 16.0 Å². The van der Waals surface area contributed by atoms with Gasteiger partial charge in [-0.2, -0.15) is 0 Å². The third-order valence-electron chi connectivity index (χ3n) is 3.43. The van der Waals surface area contributed by atoms with Gasteiger partial charge in [0.2, 0.25) is 10.0 Å². The van der Waals surface area contributed by atoms with Gasteiger partial charge in [0.25, 0.3) is 0 Å². The van der Waals surface area contributed by atoms with Crippen molar-refractivity contribution < 1.29 is 13.3 Å². The summed E-state index contributed by atoms with van der Waals surface area (Å²) < 4.78 is 27.3. The van der Waals surface area contributed by atoms with E-state index in [0.29, 0.717) is 0 Å². The Morgan fingerprint density at radius 2 is 1.81 bits per heavy atom. The number of hydrogen-bond donors (Lipinski definition) is 1. The zero-order valence-corrected chi connectivity index (χ0v) is 13.3. The van der Waals surface area contributed by atoms with Crippen molar-refractivity contribution >= 4 is 38.9 Å². The summed E-state index contributed by atoms with van der Waals surface area (Å²) in [6.07, 6.45) is 4.52. The lowest BCUT2D eigenvalue weighted by atomic mass is 9.96. The normalized spacial score (nSPS) is 16.9. The Balaban J connectivity index is 2.36. The van der Waals surface area contributed by atoms with E-state index in [9.17, 15) is 18.5 Å². The van der Waals surface area contributed by atoms with Crippen LogP contribution in [0.3, 0.4) is 0 Å². The number of halogens is 2. The Hall–Kier alpha value is -0.890. The maximum atomic E-state index is 12.3. The number of sulfonamides is 1. The van der Waals surface area contributed by atoms with Crippen LogP contribution in [0.25, 0.3) is 0 Å². The molecule has 1 aliphatic rings. The molecule has 0 radical (unpaired) electrons. The first-order valence-corrected chi connectivity index (χ1v) is 8.71. The Kier molecular flexibility index (Phi) is 5.08. The highest BCUT2D eigenvalue weighted by Crippen LogP contribution is 2.37. The highest BCUT2D eigenvalue weighted by Gasteiger charge is 2.29. The monoisotopic (exact) mass is 352 g/mol. The van der Waals surface area contributed by atoms with E-state index in [1.54, 1.807) is 0 Å². The van der Waals surface area contributed by atoms with E-state index >= 15 is 0 Å². The zero-order valence-electron chi connectivity index (χ0n) is 11.0. The standard InChI is InChI=1S/C12H14Cl2N2O4S/c13-9-6-7-10(11(14)12(9)16(17)18)21(19,20)15-8-4-2-1-3-5-8/h6-8,15H,1-5H2. The summed E-state index contributed by atoms with van der Waals surface area (Å²) in [4.78, 5) is 9.83. The Morgan fingerprint density at radius 1 is 1.19 bits per heavy atom. The maximum absolute atomic E-state index is 12.3. The third-order valence-corrected chi connectivity index (χ3v) is 5.79. The molecule has 0 aliphatic heterocycles. The van der Waals surface area contributed by atoms with E-state index in [2.05, 4.69) is 4.72 Å². The van der Waals surface area contributed by atoms with Crippen LogP contribution in [0.15, 0.2) is 17.0 Å². The van der Waals surface area contributed by atoms with Crippen LogP contribution in [0.4, 0.5) is 5.69 Å². The molecule has 1 aromatic rings. The average Bonchev–Trinajstić information content (AvgIpc) is 2.38. The van der Waals surface area contributed by atoms with Crippen LogP contribution in [0.1, 0.15) is 32.1 Å². The minimum absolute atomic E-state index is 0.158. The van der Waals surface area contributed by atoms with Crippen molar-refractivity contribution in [3.05, 3.63) is 32.3 Å². The minimum Gasteiger partial charge on any atom is -0.258 e. The van der Waals surface area contributed by atoms with Crippen LogP contribution in [-0.2, 0) is 10.0 Å². The van der Waals surface area contributed by atoms with E-state index in [1.807, 2.05) is 0 Å². The second kappa shape index (κ2) is 6.48. The van der Waals surface area contributed by atoms with Gasteiger partial charge in [0.15, 0.2) is 0 Å². The van der Waals surface area contributed by atoms with E-state index < -0.39 is 25.7 Å². The molecule has 2 rings (SSSR count). The second-order valence-corrected chi connectivity index (χ2v) is 7.39. The predicted octanol–water partition coefficient (Wildman–Crippen LogP) is 3.51. The van der Waals surface area contributed by atoms with Crippen molar-refractivity contribution in [2.45, 2.75) is 43.0 Å². The van der Waals surface area contributed by atoms with Gasteiger partial charge in [-0.3, -0.25) is 10.1 Å². The lowest BCUT2D eigenvalue weighted by Gasteiger charge is -2.22. The zero-order chi connectivity index (χ0) is 15.6. The molecule has 0 unspecified atom stereocenters. The number of rotatable bonds is 4. The van der Waals surface area contributed by atoms with Crippen molar-refractivity contribution in [1.29, 1.82) is 0 Å². The number of nitrogens with one attached hydrogen (secondary N) is 1. The third kappa shape index (κ3) is 3.66. The van der Waals surface area contributed by atoms with Gasteiger partial charge < -0.3 is 0 Å². The predicted molar refractivity (Wildman–Crippen MR) is 80.3 cm³/mol. The van der Waals surface area contributed by atoms with Gasteiger partial charge in [-0.1, -0.05) is 42.5 Å². The largest absolute Gasteiger partial charge is 0.307 e. The van der Waals surface area contributed by atoms with Crippen molar-refractivity contribution in [2.75, 3.05) is 0 Å². The molecule has 0 atom stereocenters. The molecule has 0 aromatic heterocycles. The average molecular weight is 353 g/mol. The van der Waals surface area contributed by atoms with E-state index in [4.69, 9.17) is 23.2 Å². The lowest BCUT2D eigenvalue weighted by molar-refractivity contribution is -0.384. The highest BCUT2D eigenvalue weighted by atomic mass is 35.5. The summed E-state index contributed by atoms with van der Waals surface area (Å²) in [6, 6.07) is 2.19. The first-order valence-electron chi connectivity index (χ1n) is 6.47. The van der Waals surface area contributed by atoms with Gasteiger partial charge in [0.1, 0.15) is 14.9 Å². The fourth-order valence-electron chi connectivity index (χ4n) is 2.40. The lowest BCUT2D eigenvalue weighted by Crippen LogP contribution is -2.36. The van der Waals surface area contributed by atoms with Crippen molar-refractivity contribution in [3.8, 4) is 0 Å². The first-order chi connectivity index (χ1) is 9.83. The molecule has 6 nitrogen and oxygen atoms in total. The fourth-order valence-corrected chi connectivity index (χ4v) is 4.60. The molecule has 1 N–H and O–H groups in total. The smallest absolute Gasteiger partial charge is 0.258 e. The molecule has 0 saturated heterocycles. The number of nitro groups is 1. The molecule has 0 amide bonds. The summed E-state index contributed by atoms with van der Waals surface area (Å²) in [5.74, 6) is 0. The van der Waals surface area contributed by atoms with Crippen molar-refractivity contribution in [1.82, 2.24) is 4.72 Å². The molecule has 0 spiro atoms. The summed E-state index contributed by atoms with van der Waals surface area (Å²) in [5.41, 5.74) is -0.593. The van der Waals surface area contributed by atoms with Crippen molar-refractivity contribution in [3.63, 3.8) is 0 Å².